The van der Waals surface area contributed by atoms with Crippen LogP contribution in [-0.4, -0.2) is 50.2 Å². The minimum Gasteiger partial charge on any atom is -0.354 e. The number of nitrogens with one attached hydrogen (secondary N) is 1. The maximum Gasteiger partial charge on any atom is 0.273 e. The van der Waals surface area contributed by atoms with Gasteiger partial charge in [0, 0.05) is 42.3 Å². The molecule has 1 fully saturated rings. The molecule has 7 nitrogen and oxygen atoms in total. The molecule has 3 heterocycles. The number of likely N-dealkylation sites (tertiary alicyclic amines) is 1. The van der Waals surface area contributed by atoms with Crippen LogP contribution in [0.3, 0.4) is 0 Å². The first-order chi connectivity index (χ1) is 14.5. The molecule has 7 heteroatoms. The van der Waals surface area contributed by atoms with Crippen LogP contribution >= 0.6 is 0 Å². The third-order valence-corrected chi connectivity index (χ3v) is 6.33. The Bertz CT molecular complexity index is 1110. The molecule has 2 unspecified atom stereocenters. The van der Waals surface area contributed by atoms with E-state index in [-0.39, 0.29) is 18.0 Å². The van der Waals surface area contributed by atoms with Crippen LogP contribution in [-0.2, 0) is 11.3 Å². The molecule has 160 valence electrons. The van der Waals surface area contributed by atoms with Gasteiger partial charge in [0.05, 0.1) is 5.52 Å². The number of para-hydroxylation sites is 1. The van der Waals surface area contributed by atoms with E-state index < -0.39 is 0 Å². The van der Waals surface area contributed by atoms with Crippen LogP contribution in [0.15, 0.2) is 35.1 Å². The first-order valence-electron chi connectivity index (χ1n) is 11.0. The van der Waals surface area contributed by atoms with Gasteiger partial charge < -0.3 is 5.32 Å². The number of piperidine rings is 1. The Hall–Kier alpha value is -2.67. The molecule has 0 bridgehead atoms. The van der Waals surface area contributed by atoms with Crippen molar-refractivity contribution in [3.63, 3.8) is 0 Å². The Morgan fingerprint density at radius 1 is 1.20 bits per heavy atom. The zero-order valence-electron chi connectivity index (χ0n) is 18.1. The fraction of sp³-hybridized carbons (Fsp3) is 0.522. The lowest BCUT2D eigenvalue weighted by molar-refractivity contribution is -0.121. The lowest BCUT2D eigenvalue weighted by Crippen LogP contribution is -2.44. The normalized spacial score (nSPS) is 20.1. The smallest absolute Gasteiger partial charge is 0.273 e. The zero-order valence-corrected chi connectivity index (χ0v) is 18.1. The van der Waals surface area contributed by atoms with Gasteiger partial charge in [-0.1, -0.05) is 18.6 Å². The number of carbonyl (C=O) groups is 1. The summed E-state index contributed by atoms with van der Waals surface area (Å²) in [6.07, 6.45) is 4.79. The second-order valence-corrected chi connectivity index (χ2v) is 8.52. The van der Waals surface area contributed by atoms with E-state index in [1.165, 1.54) is 25.3 Å². The number of aromatic nitrogens is 3. The molecule has 0 aliphatic carbocycles. The number of rotatable bonds is 6. The quantitative estimate of drug-likeness (QED) is 0.636. The molecule has 1 aliphatic rings. The van der Waals surface area contributed by atoms with Crippen LogP contribution in [0.5, 0.6) is 0 Å². The van der Waals surface area contributed by atoms with Gasteiger partial charge in [0.15, 0.2) is 5.65 Å². The topological polar surface area (TPSA) is 71.6 Å². The standard InChI is InChI=1S/C23H31N5O2/c1-16-8-6-9-17(2)26(16)13-7-12-24-22(30)15-27-20-11-5-4-10-19(20)23-25-21(29)14-18(3)28(23)27/h4-5,10-11,14,16-17H,6-9,12-13,15H2,1-3H3,(H,24,30). The third-order valence-electron chi connectivity index (χ3n) is 6.33. The summed E-state index contributed by atoms with van der Waals surface area (Å²) in [6.45, 7) is 8.34. The monoisotopic (exact) mass is 409 g/mol. The molecule has 0 saturated carbocycles. The predicted octanol–water partition coefficient (Wildman–Crippen LogP) is 2.73. The van der Waals surface area contributed by atoms with Crippen molar-refractivity contribution in [2.75, 3.05) is 13.1 Å². The molecule has 1 amide bonds. The average Bonchev–Trinajstić information content (AvgIpc) is 3.01. The van der Waals surface area contributed by atoms with E-state index in [2.05, 4.69) is 29.0 Å². The van der Waals surface area contributed by atoms with Crippen LogP contribution < -0.4 is 10.9 Å². The minimum atomic E-state index is -0.263. The van der Waals surface area contributed by atoms with E-state index in [9.17, 15) is 9.59 Å². The van der Waals surface area contributed by atoms with E-state index in [1.807, 2.05) is 40.4 Å². The zero-order chi connectivity index (χ0) is 21.3. The second-order valence-electron chi connectivity index (χ2n) is 8.52. The van der Waals surface area contributed by atoms with Crippen molar-refractivity contribution in [3.05, 3.63) is 46.4 Å². The lowest BCUT2D eigenvalue weighted by Gasteiger charge is -2.39. The van der Waals surface area contributed by atoms with Crippen LogP contribution in [0, 0.1) is 6.92 Å². The Morgan fingerprint density at radius 3 is 2.70 bits per heavy atom. The number of fused-ring (bicyclic) bond motifs is 3. The average molecular weight is 410 g/mol. The molecule has 0 radical (unpaired) electrons. The van der Waals surface area contributed by atoms with Gasteiger partial charge in [-0.15, -0.1) is 0 Å². The highest BCUT2D eigenvalue weighted by atomic mass is 16.2. The summed E-state index contributed by atoms with van der Waals surface area (Å²) in [4.78, 5) is 31.4. The number of benzene rings is 1. The fourth-order valence-corrected chi connectivity index (χ4v) is 4.82. The molecule has 1 saturated heterocycles. The fourth-order valence-electron chi connectivity index (χ4n) is 4.82. The van der Waals surface area contributed by atoms with Gasteiger partial charge in [-0.05, 0) is 52.2 Å². The number of nitrogens with zero attached hydrogens (tertiary/aromatic N) is 4. The molecule has 30 heavy (non-hydrogen) atoms. The highest BCUT2D eigenvalue weighted by molar-refractivity contribution is 5.93. The molecular weight excluding hydrogens is 378 g/mol. The Labute approximate surface area is 176 Å². The summed E-state index contributed by atoms with van der Waals surface area (Å²) in [5.41, 5.74) is 1.99. The van der Waals surface area contributed by atoms with Crippen LogP contribution in [0.4, 0.5) is 0 Å². The molecular formula is C23H31N5O2. The molecule has 3 aromatic rings. The Morgan fingerprint density at radius 2 is 1.93 bits per heavy atom. The van der Waals surface area contributed by atoms with Gasteiger partial charge in [0.1, 0.15) is 6.54 Å². The van der Waals surface area contributed by atoms with Crippen LogP contribution in [0.1, 0.15) is 45.2 Å². The van der Waals surface area contributed by atoms with Crippen molar-refractivity contribution in [2.45, 2.75) is 65.1 Å². The molecule has 1 N–H and O–H groups in total. The molecule has 2 atom stereocenters. The van der Waals surface area contributed by atoms with Gasteiger partial charge in [0.25, 0.3) is 5.56 Å². The summed E-state index contributed by atoms with van der Waals surface area (Å²) in [5, 5.41) is 3.94. The number of carbonyl (C=O) groups excluding carboxylic acids is 1. The molecule has 4 rings (SSSR count). The van der Waals surface area contributed by atoms with E-state index in [0.717, 1.165) is 29.6 Å². The summed E-state index contributed by atoms with van der Waals surface area (Å²) in [6, 6.07) is 10.5. The third kappa shape index (κ3) is 3.99. The molecule has 2 aromatic heterocycles. The predicted molar refractivity (Wildman–Crippen MR) is 119 cm³/mol. The van der Waals surface area contributed by atoms with Crippen molar-refractivity contribution in [1.82, 2.24) is 24.4 Å². The van der Waals surface area contributed by atoms with E-state index in [1.54, 1.807) is 0 Å². The Kier molecular flexibility index (Phi) is 5.90. The lowest BCUT2D eigenvalue weighted by atomic mass is 9.97. The highest BCUT2D eigenvalue weighted by Crippen LogP contribution is 2.23. The first-order valence-corrected chi connectivity index (χ1v) is 11.0. The van der Waals surface area contributed by atoms with E-state index >= 15 is 0 Å². The SMILES string of the molecule is Cc1cc(=O)nc2c3ccccc3n(CC(=O)NCCCN3C(C)CCCC3C)n12. The summed E-state index contributed by atoms with van der Waals surface area (Å²) in [7, 11) is 0. The number of hydrogen-bond donors (Lipinski definition) is 1. The first kappa shape index (κ1) is 20.6. The molecule has 1 aromatic carbocycles. The van der Waals surface area contributed by atoms with Crippen molar-refractivity contribution in [2.24, 2.45) is 0 Å². The number of amides is 1. The summed E-state index contributed by atoms with van der Waals surface area (Å²) < 4.78 is 3.76. The highest BCUT2D eigenvalue weighted by Gasteiger charge is 2.23. The van der Waals surface area contributed by atoms with Gasteiger partial charge >= 0.3 is 0 Å². The van der Waals surface area contributed by atoms with Crippen molar-refractivity contribution < 1.29 is 4.79 Å². The number of aryl methyl sites for hydroxylation is 1. The summed E-state index contributed by atoms with van der Waals surface area (Å²) >= 11 is 0. The molecule has 1 aliphatic heterocycles. The van der Waals surface area contributed by atoms with Gasteiger partial charge in [0.2, 0.25) is 5.91 Å². The maximum atomic E-state index is 12.7. The van der Waals surface area contributed by atoms with Gasteiger partial charge in [-0.3, -0.25) is 19.2 Å². The van der Waals surface area contributed by atoms with Gasteiger partial charge in [-0.2, -0.15) is 4.98 Å². The van der Waals surface area contributed by atoms with Crippen molar-refractivity contribution in [3.8, 4) is 0 Å². The Balaban J connectivity index is 1.45. The van der Waals surface area contributed by atoms with E-state index in [0.29, 0.717) is 24.3 Å². The minimum absolute atomic E-state index is 0.0319. The van der Waals surface area contributed by atoms with Crippen molar-refractivity contribution in [1.29, 1.82) is 0 Å². The summed E-state index contributed by atoms with van der Waals surface area (Å²) in [5.74, 6) is -0.0319. The van der Waals surface area contributed by atoms with Crippen LogP contribution in [0.2, 0.25) is 0 Å². The largest absolute Gasteiger partial charge is 0.354 e. The second kappa shape index (κ2) is 8.60. The van der Waals surface area contributed by atoms with Crippen molar-refractivity contribution >= 4 is 22.5 Å². The maximum absolute atomic E-state index is 12.7. The van der Waals surface area contributed by atoms with E-state index in [4.69, 9.17) is 0 Å². The molecule has 0 spiro atoms. The van der Waals surface area contributed by atoms with Crippen LogP contribution in [0.25, 0.3) is 16.6 Å². The van der Waals surface area contributed by atoms with Gasteiger partial charge in [-0.25, -0.2) is 4.52 Å². The number of hydrogen-bond acceptors (Lipinski definition) is 4.